The Morgan fingerprint density at radius 1 is 1.22 bits per heavy atom. The van der Waals surface area contributed by atoms with Crippen molar-refractivity contribution in [2.75, 3.05) is 17.7 Å². The zero-order valence-electron chi connectivity index (χ0n) is 15.1. The molecule has 1 aliphatic rings. The molecule has 0 radical (unpaired) electrons. The smallest absolute Gasteiger partial charge is 0.222 e. The van der Waals surface area contributed by atoms with E-state index in [2.05, 4.69) is 20.2 Å². The van der Waals surface area contributed by atoms with Gasteiger partial charge in [0.2, 0.25) is 5.95 Å². The van der Waals surface area contributed by atoms with E-state index in [4.69, 9.17) is 11.5 Å². The van der Waals surface area contributed by atoms with Crippen molar-refractivity contribution in [1.29, 1.82) is 0 Å². The van der Waals surface area contributed by atoms with Gasteiger partial charge in [0.15, 0.2) is 0 Å². The SMILES string of the molecule is CN(Cc1cn[nH]c1-c1ccc(F)cc1)c1cc(C2CC(N)C2)nc(N)n1. The average Bonchev–Trinajstić information content (AvgIpc) is 3.07. The van der Waals surface area contributed by atoms with Gasteiger partial charge in [-0.25, -0.2) is 9.37 Å². The van der Waals surface area contributed by atoms with Crippen LogP contribution < -0.4 is 16.4 Å². The molecule has 0 unspecified atom stereocenters. The van der Waals surface area contributed by atoms with Gasteiger partial charge < -0.3 is 16.4 Å². The van der Waals surface area contributed by atoms with Gasteiger partial charge in [0.05, 0.1) is 17.6 Å². The van der Waals surface area contributed by atoms with Crippen LogP contribution in [-0.2, 0) is 6.54 Å². The predicted molar refractivity (Wildman–Crippen MR) is 102 cm³/mol. The zero-order chi connectivity index (χ0) is 19.0. The van der Waals surface area contributed by atoms with Crippen molar-refractivity contribution in [3.63, 3.8) is 0 Å². The Morgan fingerprint density at radius 2 is 1.96 bits per heavy atom. The van der Waals surface area contributed by atoms with E-state index in [1.165, 1.54) is 12.1 Å². The molecule has 27 heavy (non-hydrogen) atoms. The molecule has 5 N–H and O–H groups in total. The third-order valence-corrected chi connectivity index (χ3v) is 4.99. The van der Waals surface area contributed by atoms with Crippen molar-refractivity contribution in [3.05, 3.63) is 53.6 Å². The van der Waals surface area contributed by atoms with Gasteiger partial charge >= 0.3 is 0 Å². The van der Waals surface area contributed by atoms with Crippen molar-refractivity contribution in [2.24, 2.45) is 5.73 Å². The summed E-state index contributed by atoms with van der Waals surface area (Å²) < 4.78 is 13.2. The average molecular weight is 367 g/mol. The Morgan fingerprint density at radius 3 is 2.67 bits per heavy atom. The lowest BCUT2D eigenvalue weighted by molar-refractivity contribution is 0.345. The van der Waals surface area contributed by atoms with Crippen LogP contribution in [0.4, 0.5) is 16.2 Å². The maximum Gasteiger partial charge on any atom is 0.222 e. The standard InChI is InChI=1S/C19H22FN7/c1-27(17-8-16(24-19(22)25-17)12-6-15(21)7-12)10-13-9-23-26-18(13)11-2-4-14(20)5-3-11/h2-5,8-9,12,15H,6-7,10,21H2,1H3,(H,23,26)(H2,22,24,25). The minimum atomic E-state index is -0.267. The lowest BCUT2D eigenvalue weighted by atomic mass is 9.78. The maximum absolute atomic E-state index is 13.2. The number of aromatic nitrogens is 4. The van der Waals surface area contributed by atoms with Crippen LogP contribution >= 0.6 is 0 Å². The fraction of sp³-hybridized carbons (Fsp3) is 0.316. The number of H-pyrrole nitrogens is 1. The van der Waals surface area contributed by atoms with Gasteiger partial charge in [-0.1, -0.05) is 0 Å². The van der Waals surface area contributed by atoms with E-state index in [0.29, 0.717) is 12.5 Å². The van der Waals surface area contributed by atoms with Gasteiger partial charge in [-0.2, -0.15) is 10.1 Å². The lowest BCUT2D eigenvalue weighted by Gasteiger charge is -2.32. The van der Waals surface area contributed by atoms with E-state index in [1.807, 2.05) is 18.0 Å². The summed E-state index contributed by atoms with van der Waals surface area (Å²) in [5.74, 6) is 1.10. The quantitative estimate of drug-likeness (QED) is 0.639. The van der Waals surface area contributed by atoms with Crippen LogP contribution in [0.2, 0.25) is 0 Å². The Bertz CT molecular complexity index is 931. The van der Waals surface area contributed by atoms with Crippen LogP contribution in [-0.4, -0.2) is 33.3 Å². The molecule has 8 heteroatoms. The molecule has 0 aliphatic heterocycles. The minimum Gasteiger partial charge on any atom is -0.368 e. The molecule has 7 nitrogen and oxygen atoms in total. The molecular formula is C19H22FN7. The first-order valence-electron chi connectivity index (χ1n) is 8.89. The second-order valence-electron chi connectivity index (χ2n) is 7.07. The number of hydrogen-bond acceptors (Lipinski definition) is 6. The van der Waals surface area contributed by atoms with Crippen LogP contribution in [0.25, 0.3) is 11.3 Å². The summed E-state index contributed by atoms with van der Waals surface area (Å²) in [4.78, 5) is 10.7. The molecule has 1 fully saturated rings. The van der Waals surface area contributed by atoms with Gasteiger partial charge in [0.1, 0.15) is 11.6 Å². The molecule has 3 aromatic rings. The Kier molecular flexibility index (Phi) is 4.49. The summed E-state index contributed by atoms with van der Waals surface area (Å²) in [6, 6.07) is 8.55. The number of hydrogen-bond donors (Lipinski definition) is 3. The third-order valence-electron chi connectivity index (χ3n) is 4.99. The number of nitrogen functional groups attached to an aromatic ring is 1. The highest BCUT2D eigenvalue weighted by molar-refractivity contribution is 5.63. The Hall–Kier alpha value is -3.00. The molecule has 1 saturated carbocycles. The highest BCUT2D eigenvalue weighted by Crippen LogP contribution is 2.36. The number of halogens is 1. The molecule has 2 aromatic heterocycles. The zero-order valence-corrected chi connectivity index (χ0v) is 15.1. The van der Waals surface area contributed by atoms with E-state index in [0.717, 1.165) is 41.2 Å². The topological polar surface area (TPSA) is 110 Å². The van der Waals surface area contributed by atoms with Crippen molar-refractivity contribution in [3.8, 4) is 11.3 Å². The van der Waals surface area contributed by atoms with E-state index < -0.39 is 0 Å². The van der Waals surface area contributed by atoms with Crippen LogP contribution in [0.15, 0.2) is 36.5 Å². The molecule has 0 atom stereocenters. The Labute approximate surface area is 156 Å². The Balaban J connectivity index is 1.56. The van der Waals surface area contributed by atoms with Gasteiger partial charge in [-0.05, 0) is 37.1 Å². The first-order chi connectivity index (χ1) is 13.0. The van der Waals surface area contributed by atoms with Crippen molar-refractivity contribution in [1.82, 2.24) is 20.2 Å². The minimum absolute atomic E-state index is 0.247. The largest absolute Gasteiger partial charge is 0.368 e. The van der Waals surface area contributed by atoms with Crippen molar-refractivity contribution < 1.29 is 4.39 Å². The monoisotopic (exact) mass is 367 g/mol. The van der Waals surface area contributed by atoms with Gasteiger partial charge in [0, 0.05) is 42.7 Å². The van der Waals surface area contributed by atoms with Gasteiger partial charge in [0.25, 0.3) is 0 Å². The van der Waals surface area contributed by atoms with Gasteiger partial charge in [-0.15, -0.1) is 0 Å². The molecule has 1 aliphatic carbocycles. The summed E-state index contributed by atoms with van der Waals surface area (Å²) in [7, 11) is 1.94. The summed E-state index contributed by atoms with van der Waals surface area (Å²) in [6.07, 6.45) is 3.62. The molecule has 140 valence electrons. The summed E-state index contributed by atoms with van der Waals surface area (Å²) in [6.45, 7) is 0.573. The van der Waals surface area contributed by atoms with E-state index >= 15 is 0 Å². The van der Waals surface area contributed by atoms with Crippen LogP contribution in [0.5, 0.6) is 0 Å². The van der Waals surface area contributed by atoms with Crippen molar-refractivity contribution >= 4 is 11.8 Å². The highest BCUT2D eigenvalue weighted by atomic mass is 19.1. The molecular weight excluding hydrogens is 345 g/mol. The number of nitrogens with one attached hydrogen (secondary N) is 1. The number of benzene rings is 1. The van der Waals surface area contributed by atoms with Gasteiger partial charge in [-0.3, -0.25) is 5.10 Å². The number of rotatable bonds is 5. The summed E-state index contributed by atoms with van der Waals surface area (Å²) in [5.41, 5.74) is 15.5. The van der Waals surface area contributed by atoms with E-state index in [-0.39, 0.29) is 17.8 Å². The maximum atomic E-state index is 13.2. The molecule has 0 spiro atoms. The van der Waals surface area contributed by atoms with Crippen LogP contribution in [0.1, 0.15) is 30.0 Å². The summed E-state index contributed by atoms with van der Waals surface area (Å²) in [5, 5.41) is 7.14. The normalized spacial score (nSPS) is 18.9. The number of aromatic amines is 1. The second kappa shape index (κ2) is 6.96. The molecule has 0 saturated heterocycles. The lowest BCUT2D eigenvalue weighted by Crippen LogP contribution is -2.35. The second-order valence-corrected chi connectivity index (χ2v) is 7.07. The fourth-order valence-corrected chi connectivity index (χ4v) is 3.41. The molecule has 0 amide bonds. The van der Waals surface area contributed by atoms with Crippen LogP contribution in [0.3, 0.4) is 0 Å². The third kappa shape index (κ3) is 3.61. The number of anilines is 2. The number of nitrogens with two attached hydrogens (primary N) is 2. The van der Waals surface area contributed by atoms with Crippen molar-refractivity contribution in [2.45, 2.75) is 31.3 Å². The molecule has 2 heterocycles. The first kappa shape index (κ1) is 17.4. The molecule has 4 rings (SSSR count). The first-order valence-corrected chi connectivity index (χ1v) is 8.89. The molecule has 0 bridgehead atoms. The predicted octanol–water partition coefficient (Wildman–Crippen LogP) is 2.43. The fourth-order valence-electron chi connectivity index (χ4n) is 3.41. The summed E-state index contributed by atoms with van der Waals surface area (Å²) >= 11 is 0. The van der Waals surface area contributed by atoms with E-state index in [1.54, 1.807) is 18.3 Å². The van der Waals surface area contributed by atoms with E-state index in [9.17, 15) is 4.39 Å². The number of nitrogens with zero attached hydrogens (tertiary/aromatic N) is 4. The van der Waals surface area contributed by atoms with Crippen LogP contribution in [0, 0.1) is 5.82 Å². The highest BCUT2D eigenvalue weighted by Gasteiger charge is 2.29. The molecule has 1 aromatic carbocycles.